The summed E-state index contributed by atoms with van der Waals surface area (Å²) in [5.74, 6) is -0.192. The van der Waals surface area contributed by atoms with Gasteiger partial charge in [0.05, 0.1) is 28.8 Å². The van der Waals surface area contributed by atoms with Crippen LogP contribution in [0.3, 0.4) is 0 Å². The van der Waals surface area contributed by atoms with E-state index in [0.29, 0.717) is 10.9 Å². The first kappa shape index (κ1) is 25.9. The first-order valence-electron chi connectivity index (χ1n) is 10.9. The number of alkyl halides is 3. The summed E-state index contributed by atoms with van der Waals surface area (Å²) in [5, 5.41) is 12.4. The number of imidazole rings is 1. The lowest BCUT2D eigenvalue weighted by Crippen LogP contribution is -2.31. The number of benzene rings is 2. The summed E-state index contributed by atoms with van der Waals surface area (Å²) in [5.41, 5.74) is -2.13. The maximum Gasteiger partial charge on any atom is 0.433 e. The van der Waals surface area contributed by atoms with Crippen molar-refractivity contribution in [3.63, 3.8) is 0 Å². The molecule has 0 bridgehead atoms. The van der Waals surface area contributed by atoms with E-state index < -0.39 is 23.3 Å². The van der Waals surface area contributed by atoms with Crippen molar-refractivity contribution < 1.29 is 27.4 Å². The van der Waals surface area contributed by atoms with E-state index in [0.717, 1.165) is 18.3 Å². The zero-order chi connectivity index (χ0) is 27.2. The number of halogens is 6. The maximum absolute atomic E-state index is 13.3. The van der Waals surface area contributed by atoms with Gasteiger partial charge in [-0.05, 0) is 48.0 Å². The topological polar surface area (TPSA) is 73.1 Å². The summed E-state index contributed by atoms with van der Waals surface area (Å²) in [6, 6.07) is 11.8. The van der Waals surface area contributed by atoms with E-state index in [1.807, 2.05) is 0 Å². The number of ether oxygens (including phenoxy) is 1. The van der Waals surface area contributed by atoms with Crippen molar-refractivity contribution in [2.24, 2.45) is 7.05 Å². The molecule has 1 atom stereocenters. The first-order chi connectivity index (χ1) is 18.0. The summed E-state index contributed by atoms with van der Waals surface area (Å²) in [6.45, 7) is 0. The Labute approximate surface area is 223 Å². The molecule has 3 aromatic heterocycles. The molecular weight excluding hydrogens is 547 g/mol. The van der Waals surface area contributed by atoms with Crippen molar-refractivity contribution in [2.45, 2.75) is 11.8 Å². The molecule has 5 aromatic rings. The third-order valence-electron chi connectivity index (χ3n) is 5.95. The van der Waals surface area contributed by atoms with Crippen LogP contribution in [0.15, 0.2) is 73.3 Å². The van der Waals surface area contributed by atoms with Gasteiger partial charge in [0, 0.05) is 24.2 Å². The first-order valence-corrected chi connectivity index (χ1v) is 11.7. The SMILES string of the molecule is Cn1cncc1C(O)(c1ccc(C(F)(F)F)nc1)c1ccc2nc(Cl)c(Oc3ccc(F)cc3)c(Cl)c2c1. The third-order valence-corrected chi connectivity index (χ3v) is 6.58. The van der Waals surface area contributed by atoms with Gasteiger partial charge in [0.25, 0.3) is 0 Å². The highest BCUT2D eigenvalue weighted by Crippen LogP contribution is 2.43. The molecule has 6 nitrogen and oxygen atoms in total. The fraction of sp³-hybridized carbons (Fsp3) is 0.115. The van der Waals surface area contributed by atoms with Gasteiger partial charge in [-0.3, -0.25) is 4.98 Å². The molecule has 1 N–H and O–H groups in total. The van der Waals surface area contributed by atoms with E-state index >= 15 is 0 Å². The molecule has 2 aromatic carbocycles. The number of aromatic nitrogens is 4. The average Bonchev–Trinajstić information content (AvgIpc) is 3.33. The van der Waals surface area contributed by atoms with Crippen LogP contribution < -0.4 is 4.74 Å². The lowest BCUT2D eigenvalue weighted by atomic mass is 9.83. The van der Waals surface area contributed by atoms with Crippen LogP contribution in [0, 0.1) is 5.82 Å². The Morgan fingerprint density at radius 3 is 2.26 bits per heavy atom. The van der Waals surface area contributed by atoms with Crippen LogP contribution >= 0.6 is 23.2 Å². The minimum Gasteiger partial charge on any atom is -0.453 e. The molecule has 1 unspecified atom stereocenters. The molecule has 0 aliphatic heterocycles. The predicted molar refractivity (Wildman–Crippen MR) is 133 cm³/mol. The Morgan fingerprint density at radius 2 is 1.66 bits per heavy atom. The quantitative estimate of drug-likeness (QED) is 0.186. The van der Waals surface area contributed by atoms with Gasteiger partial charge in [0.2, 0.25) is 0 Å². The van der Waals surface area contributed by atoms with E-state index in [1.54, 1.807) is 19.2 Å². The minimum atomic E-state index is -4.65. The fourth-order valence-electron chi connectivity index (χ4n) is 4.06. The van der Waals surface area contributed by atoms with Crippen LogP contribution in [-0.4, -0.2) is 24.6 Å². The van der Waals surface area contributed by atoms with Gasteiger partial charge in [-0.25, -0.2) is 14.4 Å². The number of rotatable bonds is 5. The molecular formula is C26H16Cl2F4N4O2. The van der Waals surface area contributed by atoms with Crippen LogP contribution in [0.25, 0.3) is 10.9 Å². The van der Waals surface area contributed by atoms with Crippen molar-refractivity contribution in [3.05, 3.63) is 112 Å². The van der Waals surface area contributed by atoms with Gasteiger partial charge in [0.1, 0.15) is 17.3 Å². The third kappa shape index (κ3) is 4.55. The maximum atomic E-state index is 13.3. The number of nitrogens with zero attached hydrogens (tertiary/aromatic N) is 4. The van der Waals surface area contributed by atoms with E-state index in [2.05, 4.69) is 15.0 Å². The van der Waals surface area contributed by atoms with Crippen molar-refractivity contribution in [1.82, 2.24) is 19.5 Å². The molecule has 5 rings (SSSR count). The predicted octanol–water partition coefficient (Wildman–Crippen LogP) is 6.90. The number of aliphatic hydroxyl groups is 1. The second-order valence-electron chi connectivity index (χ2n) is 8.36. The minimum absolute atomic E-state index is 0.00450. The van der Waals surface area contributed by atoms with Gasteiger partial charge in [-0.1, -0.05) is 35.3 Å². The van der Waals surface area contributed by atoms with Crippen molar-refractivity contribution in [1.29, 1.82) is 0 Å². The standard InChI is InChI=1S/C26H16Cl2F4N4O2/c1-36-13-33-12-21(36)25(37,15-3-9-20(34-11-15)26(30,31)32)14-2-8-19-18(10-14)22(27)23(24(28)35-19)38-17-6-4-16(29)5-7-17/h2-13,37H,1H3. The second kappa shape index (κ2) is 9.54. The van der Waals surface area contributed by atoms with Gasteiger partial charge >= 0.3 is 6.18 Å². The summed E-state index contributed by atoms with van der Waals surface area (Å²) in [4.78, 5) is 11.9. The summed E-state index contributed by atoms with van der Waals surface area (Å²) >= 11 is 13.0. The highest BCUT2D eigenvalue weighted by atomic mass is 35.5. The molecule has 38 heavy (non-hydrogen) atoms. The molecule has 0 spiro atoms. The summed E-state index contributed by atoms with van der Waals surface area (Å²) < 4.78 is 60.0. The highest BCUT2D eigenvalue weighted by Gasteiger charge is 2.39. The molecule has 0 fully saturated rings. The van der Waals surface area contributed by atoms with Crippen LogP contribution in [0.2, 0.25) is 10.2 Å². The smallest absolute Gasteiger partial charge is 0.433 e. The van der Waals surface area contributed by atoms with E-state index in [1.165, 1.54) is 47.4 Å². The van der Waals surface area contributed by atoms with Crippen LogP contribution in [-0.2, 0) is 18.8 Å². The number of hydrogen-bond donors (Lipinski definition) is 1. The van der Waals surface area contributed by atoms with Gasteiger partial charge in [0.15, 0.2) is 16.5 Å². The molecule has 0 saturated heterocycles. The fourth-order valence-corrected chi connectivity index (χ4v) is 4.61. The van der Waals surface area contributed by atoms with E-state index in [4.69, 9.17) is 27.9 Å². The Hall–Kier alpha value is -3.73. The molecule has 3 heterocycles. The van der Waals surface area contributed by atoms with Crippen LogP contribution in [0.4, 0.5) is 17.6 Å². The van der Waals surface area contributed by atoms with Crippen LogP contribution in [0.5, 0.6) is 11.5 Å². The Balaban J connectivity index is 1.68. The normalized spacial score (nSPS) is 13.5. The number of fused-ring (bicyclic) bond motifs is 1. The molecule has 0 aliphatic rings. The Bertz CT molecular complexity index is 1640. The largest absolute Gasteiger partial charge is 0.453 e. The molecule has 194 valence electrons. The Morgan fingerprint density at radius 1 is 0.947 bits per heavy atom. The van der Waals surface area contributed by atoms with E-state index in [9.17, 15) is 22.7 Å². The lowest BCUT2D eigenvalue weighted by molar-refractivity contribution is -0.141. The van der Waals surface area contributed by atoms with Crippen LogP contribution in [0.1, 0.15) is 22.5 Å². The monoisotopic (exact) mass is 562 g/mol. The van der Waals surface area contributed by atoms with Gasteiger partial charge < -0.3 is 14.4 Å². The van der Waals surface area contributed by atoms with Crippen molar-refractivity contribution in [3.8, 4) is 11.5 Å². The zero-order valence-corrected chi connectivity index (χ0v) is 20.9. The van der Waals surface area contributed by atoms with Gasteiger partial charge in [-0.2, -0.15) is 13.2 Å². The lowest BCUT2D eigenvalue weighted by Gasteiger charge is -2.30. The zero-order valence-electron chi connectivity index (χ0n) is 19.3. The second-order valence-corrected chi connectivity index (χ2v) is 9.10. The van der Waals surface area contributed by atoms with E-state index in [-0.39, 0.29) is 38.5 Å². The highest BCUT2D eigenvalue weighted by molar-refractivity contribution is 6.40. The Kier molecular flexibility index (Phi) is 6.50. The molecule has 0 radical (unpaired) electrons. The van der Waals surface area contributed by atoms with Crippen molar-refractivity contribution >= 4 is 34.1 Å². The molecule has 0 saturated carbocycles. The molecule has 0 aliphatic carbocycles. The van der Waals surface area contributed by atoms with Gasteiger partial charge in [-0.15, -0.1) is 0 Å². The van der Waals surface area contributed by atoms with Crippen molar-refractivity contribution in [2.75, 3.05) is 0 Å². The number of pyridine rings is 2. The summed E-state index contributed by atoms with van der Waals surface area (Å²) in [7, 11) is 1.63. The number of hydrogen-bond acceptors (Lipinski definition) is 5. The summed E-state index contributed by atoms with van der Waals surface area (Å²) in [6.07, 6.45) is -0.842. The average molecular weight is 563 g/mol. The molecule has 12 heteroatoms. The molecule has 0 amide bonds. The number of aryl methyl sites for hydroxylation is 1.